The number of carboxylic acids is 1. The number of nitrogens with one attached hydrogen (secondary N) is 1. The van der Waals surface area contributed by atoms with Gasteiger partial charge in [-0.05, 0) is 24.5 Å². The summed E-state index contributed by atoms with van der Waals surface area (Å²) in [5, 5.41) is 12.2. The van der Waals surface area contributed by atoms with Gasteiger partial charge in [0, 0.05) is 11.1 Å². The minimum Gasteiger partial charge on any atom is -0.478 e. The lowest BCUT2D eigenvalue weighted by Crippen LogP contribution is -2.01. The van der Waals surface area contributed by atoms with E-state index in [0.717, 1.165) is 10.6 Å². The molecule has 19 heavy (non-hydrogen) atoms. The summed E-state index contributed by atoms with van der Waals surface area (Å²) in [7, 11) is 0. The maximum absolute atomic E-state index is 10.8. The van der Waals surface area contributed by atoms with Gasteiger partial charge in [-0.1, -0.05) is 23.7 Å². The van der Waals surface area contributed by atoms with E-state index >= 15 is 0 Å². The Labute approximate surface area is 119 Å². The smallest absolute Gasteiger partial charge is 0.337 e. The van der Waals surface area contributed by atoms with Crippen LogP contribution in [0.2, 0.25) is 5.02 Å². The SMILES string of the molecule is CSc1ccccc1Nc1ncc(C(=O)O)cc1Cl. The number of thioether (sulfide) groups is 1. The molecule has 1 aromatic heterocycles. The number of nitrogens with zero attached hydrogens (tertiary/aromatic N) is 1. The van der Waals surface area contributed by atoms with Crippen molar-refractivity contribution in [1.82, 2.24) is 4.98 Å². The third-order valence-electron chi connectivity index (χ3n) is 2.45. The third-order valence-corrected chi connectivity index (χ3v) is 3.53. The maximum Gasteiger partial charge on any atom is 0.337 e. The van der Waals surface area contributed by atoms with Gasteiger partial charge in [0.2, 0.25) is 0 Å². The highest BCUT2D eigenvalue weighted by Crippen LogP contribution is 2.30. The highest BCUT2D eigenvalue weighted by molar-refractivity contribution is 7.98. The zero-order valence-electron chi connectivity index (χ0n) is 10.1. The summed E-state index contributed by atoms with van der Waals surface area (Å²) in [5.41, 5.74) is 0.946. The molecule has 0 radical (unpaired) electrons. The van der Waals surface area contributed by atoms with Crippen molar-refractivity contribution in [3.63, 3.8) is 0 Å². The quantitative estimate of drug-likeness (QED) is 0.837. The van der Waals surface area contributed by atoms with Crippen molar-refractivity contribution in [2.45, 2.75) is 4.90 Å². The lowest BCUT2D eigenvalue weighted by Gasteiger charge is -2.11. The van der Waals surface area contributed by atoms with Gasteiger partial charge in [0.05, 0.1) is 16.3 Å². The van der Waals surface area contributed by atoms with Gasteiger partial charge in [0.1, 0.15) is 5.82 Å². The number of anilines is 2. The standard InChI is InChI=1S/C13H11ClN2O2S/c1-19-11-5-3-2-4-10(11)16-12-9(14)6-8(7-15-12)13(17)18/h2-7H,1H3,(H,15,16)(H,17,18). The lowest BCUT2D eigenvalue weighted by molar-refractivity contribution is 0.0696. The number of benzene rings is 1. The Balaban J connectivity index is 2.31. The van der Waals surface area contributed by atoms with Gasteiger partial charge >= 0.3 is 5.97 Å². The summed E-state index contributed by atoms with van der Waals surface area (Å²) in [6, 6.07) is 9.11. The van der Waals surface area contributed by atoms with Gasteiger partial charge in [-0.25, -0.2) is 9.78 Å². The molecule has 0 fully saturated rings. The molecule has 0 saturated heterocycles. The molecule has 1 heterocycles. The number of carbonyl (C=O) groups is 1. The Hall–Kier alpha value is -1.72. The van der Waals surface area contributed by atoms with Crippen molar-refractivity contribution in [2.75, 3.05) is 11.6 Å². The largest absolute Gasteiger partial charge is 0.478 e. The predicted molar refractivity (Wildman–Crippen MR) is 77.7 cm³/mol. The van der Waals surface area contributed by atoms with Crippen molar-refractivity contribution in [1.29, 1.82) is 0 Å². The Bertz CT molecular complexity index is 619. The monoisotopic (exact) mass is 294 g/mol. The molecule has 0 saturated carbocycles. The van der Waals surface area contributed by atoms with Crippen LogP contribution in [-0.2, 0) is 0 Å². The Morgan fingerprint density at radius 2 is 2.16 bits per heavy atom. The second-order valence-electron chi connectivity index (χ2n) is 3.68. The van der Waals surface area contributed by atoms with Gasteiger partial charge < -0.3 is 10.4 Å². The molecule has 2 rings (SSSR count). The fourth-order valence-corrected chi connectivity index (χ4v) is 2.29. The zero-order valence-corrected chi connectivity index (χ0v) is 11.6. The highest BCUT2D eigenvalue weighted by atomic mass is 35.5. The van der Waals surface area contributed by atoms with Crippen LogP contribution < -0.4 is 5.32 Å². The first-order chi connectivity index (χ1) is 9.11. The van der Waals surface area contributed by atoms with Gasteiger partial charge in [0.15, 0.2) is 0 Å². The average molecular weight is 295 g/mol. The summed E-state index contributed by atoms with van der Waals surface area (Å²) in [4.78, 5) is 15.9. The van der Waals surface area contributed by atoms with Crippen LogP contribution >= 0.6 is 23.4 Å². The molecule has 0 aliphatic heterocycles. The fourth-order valence-electron chi connectivity index (χ4n) is 1.52. The molecule has 0 aliphatic rings. The summed E-state index contributed by atoms with van der Waals surface area (Å²) < 4.78 is 0. The number of aromatic carboxylic acids is 1. The van der Waals surface area contributed by atoms with Crippen LogP contribution in [0.25, 0.3) is 0 Å². The fraction of sp³-hybridized carbons (Fsp3) is 0.0769. The molecule has 1 aromatic carbocycles. The molecule has 0 atom stereocenters. The second kappa shape index (κ2) is 5.95. The Morgan fingerprint density at radius 3 is 2.79 bits per heavy atom. The molecule has 0 unspecified atom stereocenters. The van der Waals surface area contributed by atoms with Crippen molar-refractivity contribution < 1.29 is 9.90 Å². The number of hydrogen-bond acceptors (Lipinski definition) is 4. The Morgan fingerprint density at radius 1 is 1.42 bits per heavy atom. The first-order valence-corrected chi connectivity index (χ1v) is 7.01. The van der Waals surface area contributed by atoms with E-state index in [1.54, 1.807) is 11.8 Å². The van der Waals surface area contributed by atoms with Gasteiger partial charge in [-0.3, -0.25) is 0 Å². The molecule has 2 N–H and O–H groups in total. The van der Waals surface area contributed by atoms with Crippen LogP contribution in [0.5, 0.6) is 0 Å². The van der Waals surface area contributed by atoms with Crippen LogP contribution in [0.1, 0.15) is 10.4 Å². The summed E-state index contributed by atoms with van der Waals surface area (Å²) in [6.45, 7) is 0. The molecule has 6 heteroatoms. The Kier molecular flexibility index (Phi) is 4.29. The lowest BCUT2D eigenvalue weighted by atomic mass is 10.2. The summed E-state index contributed by atoms with van der Waals surface area (Å²) in [6.07, 6.45) is 3.25. The minimum absolute atomic E-state index is 0.0636. The molecule has 98 valence electrons. The minimum atomic E-state index is -1.05. The molecule has 4 nitrogen and oxygen atoms in total. The zero-order chi connectivity index (χ0) is 13.8. The molecule has 2 aromatic rings. The topological polar surface area (TPSA) is 62.2 Å². The maximum atomic E-state index is 10.8. The molecule has 0 bridgehead atoms. The van der Waals surface area contributed by atoms with Crippen LogP contribution in [0.4, 0.5) is 11.5 Å². The average Bonchev–Trinajstić information content (AvgIpc) is 2.41. The molecule has 0 amide bonds. The van der Waals surface area contributed by atoms with E-state index in [1.807, 2.05) is 30.5 Å². The van der Waals surface area contributed by atoms with E-state index in [0.29, 0.717) is 5.82 Å². The second-order valence-corrected chi connectivity index (χ2v) is 4.94. The van der Waals surface area contributed by atoms with Crippen LogP contribution in [0, 0.1) is 0 Å². The highest BCUT2D eigenvalue weighted by Gasteiger charge is 2.09. The van der Waals surface area contributed by atoms with Gasteiger partial charge in [-0.15, -0.1) is 11.8 Å². The summed E-state index contributed by atoms with van der Waals surface area (Å²) in [5.74, 6) is -0.612. The van der Waals surface area contributed by atoms with E-state index in [4.69, 9.17) is 16.7 Å². The number of carboxylic acid groups (broad SMARTS) is 1. The van der Waals surface area contributed by atoms with Crippen LogP contribution in [0.3, 0.4) is 0 Å². The van der Waals surface area contributed by atoms with E-state index in [2.05, 4.69) is 10.3 Å². The first kappa shape index (κ1) is 13.7. The number of halogens is 1. The van der Waals surface area contributed by atoms with E-state index in [9.17, 15) is 4.79 Å². The number of para-hydroxylation sites is 1. The van der Waals surface area contributed by atoms with Gasteiger partial charge in [-0.2, -0.15) is 0 Å². The summed E-state index contributed by atoms with van der Waals surface area (Å²) >= 11 is 7.62. The first-order valence-electron chi connectivity index (χ1n) is 5.40. The number of hydrogen-bond donors (Lipinski definition) is 2. The molecule has 0 aliphatic carbocycles. The number of rotatable bonds is 4. The number of aromatic nitrogens is 1. The number of pyridine rings is 1. The van der Waals surface area contributed by atoms with Crippen LogP contribution in [-0.4, -0.2) is 22.3 Å². The van der Waals surface area contributed by atoms with Crippen LogP contribution in [0.15, 0.2) is 41.4 Å². The third kappa shape index (κ3) is 3.19. The van der Waals surface area contributed by atoms with E-state index in [1.165, 1.54) is 12.3 Å². The van der Waals surface area contributed by atoms with Crippen molar-refractivity contribution in [3.8, 4) is 0 Å². The molecule has 0 spiro atoms. The molecular weight excluding hydrogens is 284 g/mol. The molecular formula is C13H11ClN2O2S. The van der Waals surface area contributed by atoms with Gasteiger partial charge in [0.25, 0.3) is 0 Å². The van der Waals surface area contributed by atoms with Crippen molar-refractivity contribution in [2.24, 2.45) is 0 Å². The van der Waals surface area contributed by atoms with E-state index < -0.39 is 5.97 Å². The predicted octanol–water partition coefficient (Wildman–Crippen LogP) is 3.90. The van der Waals surface area contributed by atoms with E-state index in [-0.39, 0.29) is 10.6 Å². The van der Waals surface area contributed by atoms with Crippen molar-refractivity contribution >= 4 is 40.8 Å². The normalized spacial score (nSPS) is 10.2. The van der Waals surface area contributed by atoms with Crippen molar-refractivity contribution in [3.05, 3.63) is 47.1 Å².